The molecule has 0 bridgehead atoms. The van der Waals surface area contributed by atoms with E-state index in [1.165, 1.54) is 0 Å². The Kier molecular flexibility index (Phi) is 5.15. The summed E-state index contributed by atoms with van der Waals surface area (Å²) in [5.41, 5.74) is 3.44. The average molecular weight is 238 g/mol. The number of nitrogens with two attached hydrogens (primary N) is 1. The van der Waals surface area contributed by atoms with Crippen LogP contribution in [0.25, 0.3) is 0 Å². The maximum Gasteiger partial charge on any atom is 0.221 e. The van der Waals surface area contributed by atoms with E-state index in [1.54, 1.807) is 0 Å². The summed E-state index contributed by atoms with van der Waals surface area (Å²) in [5.74, 6) is 7.70. The van der Waals surface area contributed by atoms with Gasteiger partial charge in [0.25, 0.3) is 0 Å². The summed E-state index contributed by atoms with van der Waals surface area (Å²) in [7, 11) is 0. The Hall–Kier alpha value is -1.36. The van der Waals surface area contributed by atoms with Crippen LogP contribution in [0.2, 0.25) is 0 Å². The van der Waals surface area contributed by atoms with Crippen LogP contribution in [0.3, 0.4) is 0 Å². The maximum absolute atomic E-state index is 5.66. The van der Waals surface area contributed by atoms with Crippen LogP contribution in [0, 0.1) is 6.92 Å². The zero-order valence-electron chi connectivity index (χ0n) is 11.1. The summed E-state index contributed by atoms with van der Waals surface area (Å²) in [6, 6.07) is 0. The highest BCUT2D eigenvalue weighted by molar-refractivity contribution is 5.47. The predicted octanol–water partition coefficient (Wildman–Crippen LogP) is 2.37. The van der Waals surface area contributed by atoms with Crippen LogP contribution in [-0.2, 0) is 0 Å². The van der Waals surface area contributed by atoms with E-state index >= 15 is 0 Å². The van der Waals surface area contributed by atoms with E-state index < -0.39 is 0 Å². The molecule has 0 unspecified atom stereocenters. The summed E-state index contributed by atoms with van der Waals surface area (Å²) in [4.78, 5) is 8.78. The SMILES string of the molecule is CCCCOc1nc(C(C)C)nc(NN)c1C. The number of hydrogen-bond donors (Lipinski definition) is 2. The Morgan fingerprint density at radius 3 is 2.59 bits per heavy atom. The molecule has 1 aromatic rings. The summed E-state index contributed by atoms with van der Waals surface area (Å²) >= 11 is 0. The molecule has 0 amide bonds. The van der Waals surface area contributed by atoms with Gasteiger partial charge in [0.1, 0.15) is 11.6 Å². The van der Waals surface area contributed by atoms with Gasteiger partial charge in [-0.3, -0.25) is 0 Å². The first-order chi connectivity index (χ1) is 8.10. The van der Waals surface area contributed by atoms with Crippen LogP contribution in [0.4, 0.5) is 5.82 Å². The lowest BCUT2D eigenvalue weighted by Crippen LogP contribution is -2.14. The van der Waals surface area contributed by atoms with E-state index in [1.807, 2.05) is 20.8 Å². The fraction of sp³-hybridized carbons (Fsp3) is 0.667. The Balaban J connectivity index is 2.96. The molecule has 0 saturated carbocycles. The molecule has 5 nitrogen and oxygen atoms in total. The third kappa shape index (κ3) is 3.56. The molecule has 0 aliphatic carbocycles. The molecule has 0 atom stereocenters. The van der Waals surface area contributed by atoms with E-state index in [0.29, 0.717) is 18.3 Å². The molecule has 3 N–H and O–H groups in total. The molecule has 0 radical (unpaired) electrons. The molecule has 0 aliphatic rings. The molecule has 17 heavy (non-hydrogen) atoms. The lowest BCUT2D eigenvalue weighted by molar-refractivity contribution is 0.293. The van der Waals surface area contributed by atoms with Gasteiger partial charge in [-0.05, 0) is 13.3 Å². The van der Waals surface area contributed by atoms with Crippen molar-refractivity contribution in [1.29, 1.82) is 0 Å². The van der Waals surface area contributed by atoms with E-state index in [-0.39, 0.29) is 5.92 Å². The average Bonchev–Trinajstić information content (AvgIpc) is 2.31. The van der Waals surface area contributed by atoms with Crippen molar-refractivity contribution >= 4 is 5.82 Å². The molecule has 1 rings (SSSR count). The predicted molar refractivity (Wildman–Crippen MR) is 69.1 cm³/mol. The highest BCUT2D eigenvalue weighted by atomic mass is 16.5. The van der Waals surface area contributed by atoms with Crippen LogP contribution in [0.15, 0.2) is 0 Å². The molecule has 5 heteroatoms. The fourth-order valence-corrected chi connectivity index (χ4v) is 1.37. The first kappa shape index (κ1) is 13.7. The number of nitrogen functional groups attached to an aromatic ring is 1. The maximum atomic E-state index is 5.66. The van der Waals surface area contributed by atoms with Crippen molar-refractivity contribution in [2.24, 2.45) is 5.84 Å². The normalized spacial score (nSPS) is 10.7. The number of hydrogen-bond acceptors (Lipinski definition) is 5. The number of nitrogens with zero attached hydrogens (tertiary/aromatic N) is 2. The molecule has 1 heterocycles. The molecule has 1 aromatic heterocycles. The topological polar surface area (TPSA) is 73.1 Å². The summed E-state index contributed by atoms with van der Waals surface area (Å²) in [5, 5.41) is 0. The van der Waals surface area contributed by atoms with Crippen LogP contribution < -0.4 is 16.0 Å². The van der Waals surface area contributed by atoms with Gasteiger partial charge in [0.15, 0.2) is 0 Å². The summed E-state index contributed by atoms with van der Waals surface area (Å²) in [6.45, 7) is 8.79. The minimum Gasteiger partial charge on any atom is -0.477 e. The lowest BCUT2D eigenvalue weighted by Gasteiger charge is -2.14. The highest BCUT2D eigenvalue weighted by Gasteiger charge is 2.13. The number of nitrogens with one attached hydrogen (secondary N) is 1. The van der Waals surface area contributed by atoms with E-state index in [4.69, 9.17) is 10.6 Å². The Morgan fingerprint density at radius 1 is 1.35 bits per heavy atom. The Morgan fingerprint density at radius 2 is 2.06 bits per heavy atom. The van der Waals surface area contributed by atoms with Crippen LogP contribution >= 0.6 is 0 Å². The summed E-state index contributed by atoms with van der Waals surface area (Å²) in [6.07, 6.45) is 2.12. The number of rotatable bonds is 6. The third-order valence-corrected chi connectivity index (χ3v) is 2.51. The smallest absolute Gasteiger partial charge is 0.221 e. The van der Waals surface area contributed by atoms with Crippen LogP contribution in [0.5, 0.6) is 5.88 Å². The second-order valence-corrected chi connectivity index (χ2v) is 4.36. The molecular formula is C12H22N4O. The van der Waals surface area contributed by atoms with Gasteiger partial charge in [0.2, 0.25) is 5.88 Å². The van der Waals surface area contributed by atoms with Crippen molar-refractivity contribution in [2.45, 2.75) is 46.5 Å². The first-order valence-electron chi connectivity index (χ1n) is 6.08. The van der Waals surface area contributed by atoms with Gasteiger partial charge >= 0.3 is 0 Å². The zero-order chi connectivity index (χ0) is 12.8. The van der Waals surface area contributed by atoms with Gasteiger partial charge in [-0.2, -0.15) is 4.98 Å². The first-order valence-corrected chi connectivity index (χ1v) is 6.08. The van der Waals surface area contributed by atoms with Crippen molar-refractivity contribution in [3.63, 3.8) is 0 Å². The van der Waals surface area contributed by atoms with Crippen LogP contribution in [0.1, 0.15) is 50.9 Å². The highest BCUT2D eigenvalue weighted by Crippen LogP contribution is 2.24. The van der Waals surface area contributed by atoms with Crippen molar-refractivity contribution in [3.8, 4) is 5.88 Å². The van der Waals surface area contributed by atoms with E-state index in [9.17, 15) is 0 Å². The van der Waals surface area contributed by atoms with E-state index in [2.05, 4.69) is 22.3 Å². The van der Waals surface area contributed by atoms with Gasteiger partial charge in [0.05, 0.1) is 12.2 Å². The molecule has 0 spiro atoms. The molecule has 0 fully saturated rings. The fourth-order valence-electron chi connectivity index (χ4n) is 1.37. The third-order valence-electron chi connectivity index (χ3n) is 2.51. The minimum absolute atomic E-state index is 0.247. The number of hydrazine groups is 1. The van der Waals surface area contributed by atoms with Gasteiger partial charge in [0, 0.05) is 5.92 Å². The Labute approximate surface area is 103 Å². The Bertz CT molecular complexity index is 366. The van der Waals surface area contributed by atoms with Gasteiger partial charge < -0.3 is 10.2 Å². The number of unbranched alkanes of at least 4 members (excludes halogenated alkanes) is 1. The quantitative estimate of drug-likeness (QED) is 0.452. The van der Waals surface area contributed by atoms with Crippen molar-refractivity contribution < 1.29 is 4.74 Å². The second-order valence-electron chi connectivity index (χ2n) is 4.36. The van der Waals surface area contributed by atoms with E-state index in [0.717, 1.165) is 24.2 Å². The minimum atomic E-state index is 0.247. The van der Waals surface area contributed by atoms with Crippen molar-refractivity contribution in [3.05, 3.63) is 11.4 Å². The lowest BCUT2D eigenvalue weighted by atomic mass is 10.2. The second kappa shape index (κ2) is 6.39. The van der Waals surface area contributed by atoms with Gasteiger partial charge in [-0.15, -0.1) is 0 Å². The van der Waals surface area contributed by atoms with Crippen molar-refractivity contribution in [1.82, 2.24) is 9.97 Å². The number of aromatic nitrogens is 2. The molecule has 0 saturated heterocycles. The molecular weight excluding hydrogens is 216 g/mol. The molecule has 96 valence electrons. The summed E-state index contributed by atoms with van der Waals surface area (Å²) < 4.78 is 5.66. The van der Waals surface area contributed by atoms with Crippen LogP contribution in [-0.4, -0.2) is 16.6 Å². The zero-order valence-corrected chi connectivity index (χ0v) is 11.1. The number of ether oxygens (including phenoxy) is 1. The van der Waals surface area contributed by atoms with Crippen molar-refractivity contribution in [2.75, 3.05) is 12.0 Å². The molecule has 0 aromatic carbocycles. The monoisotopic (exact) mass is 238 g/mol. The molecule has 0 aliphatic heterocycles. The largest absolute Gasteiger partial charge is 0.477 e. The van der Waals surface area contributed by atoms with Gasteiger partial charge in [-0.25, -0.2) is 10.8 Å². The standard InChI is InChI=1S/C12H22N4O/c1-5-6-7-17-12-9(4)11(16-13)14-10(15-12)8(2)3/h8H,5-7,13H2,1-4H3,(H,14,15,16). The number of anilines is 1. The van der Waals surface area contributed by atoms with Gasteiger partial charge in [-0.1, -0.05) is 27.2 Å².